The average Bonchev–Trinajstić information content (AvgIpc) is 2.66. The van der Waals surface area contributed by atoms with Crippen LogP contribution in [0.4, 0.5) is 5.69 Å². The molecule has 0 unspecified atom stereocenters. The first-order valence-corrected chi connectivity index (χ1v) is 10.3. The summed E-state index contributed by atoms with van der Waals surface area (Å²) in [5.74, 6) is -0.349. The maximum Gasteiger partial charge on any atom is 0.337 e. The van der Waals surface area contributed by atoms with E-state index in [1.807, 2.05) is 37.2 Å². The number of para-hydroxylation sites is 1. The molecule has 2 rings (SSSR count). The molecule has 7 heteroatoms. The standard InChI is InChI=1S/C20H26N2O4S/c1-21(2)14-7-15-27(24,25)22(19-8-5-4-6-9-19)16-17-10-12-18(13-11-17)20(23)26-3/h4-6,8-13H,7,14-16H2,1-3H3. The van der Waals surface area contributed by atoms with Gasteiger partial charge in [-0.2, -0.15) is 0 Å². The highest BCUT2D eigenvalue weighted by atomic mass is 32.2. The maximum absolute atomic E-state index is 13.0. The van der Waals surface area contributed by atoms with Crippen molar-refractivity contribution in [2.24, 2.45) is 0 Å². The second kappa shape index (κ2) is 9.53. The molecular weight excluding hydrogens is 364 g/mol. The molecule has 0 saturated carbocycles. The van der Waals surface area contributed by atoms with Crippen molar-refractivity contribution >= 4 is 21.7 Å². The van der Waals surface area contributed by atoms with Gasteiger partial charge in [0.1, 0.15) is 0 Å². The van der Waals surface area contributed by atoms with Crippen LogP contribution in [0.15, 0.2) is 54.6 Å². The summed E-state index contributed by atoms with van der Waals surface area (Å²) in [5, 5.41) is 0. The van der Waals surface area contributed by atoms with E-state index in [4.69, 9.17) is 4.74 Å². The van der Waals surface area contributed by atoms with Crippen molar-refractivity contribution in [3.8, 4) is 0 Å². The van der Waals surface area contributed by atoms with Crippen LogP contribution in [0.2, 0.25) is 0 Å². The van der Waals surface area contributed by atoms with Crippen LogP contribution in [-0.2, 0) is 21.3 Å². The number of hydrogen-bond acceptors (Lipinski definition) is 5. The van der Waals surface area contributed by atoms with Gasteiger partial charge in [0.15, 0.2) is 0 Å². The van der Waals surface area contributed by atoms with Gasteiger partial charge >= 0.3 is 5.97 Å². The van der Waals surface area contributed by atoms with Crippen molar-refractivity contribution in [3.05, 3.63) is 65.7 Å². The number of benzene rings is 2. The van der Waals surface area contributed by atoms with E-state index in [2.05, 4.69) is 0 Å². The fraction of sp³-hybridized carbons (Fsp3) is 0.350. The van der Waals surface area contributed by atoms with Gasteiger partial charge in [0.25, 0.3) is 0 Å². The lowest BCUT2D eigenvalue weighted by Gasteiger charge is -2.25. The minimum atomic E-state index is -3.49. The van der Waals surface area contributed by atoms with Crippen LogP contribution in [0.5, 0.6) is 0 Å². The lowest BCUT2D eigenvalue weighted by atomic mass is 10.1. The van der Waals surface area contributed by atoms with Gasteiger partial charge in [0.05, 0.1) is 30.7 Å². The van der Waals surface area contributed by atoms with Gasteiger partial charge < -0.3 is 9.64 Å². The molecule has 0 aliphatic carbocycles. The van der Waals surface area contributed by atoms with Crippen molar-refractivity contribution in [3.63, 3.8) is 0 Å². The first kappa shape index (κ1) is 20.9. The van der Waals surface area contributed by atoms with E-state index in [1.54, 1.807) is 36.4 Å². The number of carbonyl (C=O) groups excluding carboxylic acids is 1. The molecule has 0 N–H and O–H groups in total. The molecule has 0 saturated heterocycles. The largest absolute Gasteiger partial charge is 0.465 e. The van der Waals surface area contributed by atoms with E-state index >= 15 is 0 Å². The molecule has 0 radical (unpaired) electrons. The van der Waals surface area contributed by atoms with Gasteiger partial charge in [0, 0.05) is 0 Å². The first-order valence-electron chi connectivity index (χ1n) is 8.71. The Morgan fingerprint density at radius 2 is 1.63 bits per heavy atom. The Balaban J connectivity index is 2.24. The molecule has 0 aliphatic heterocycles. The number of methoxy groups -OCH3 is 1. The third-order valence-electron chi connectivity index (χ3n) is 4.09. The maximum atomic E-state index is 13.0. The Kier molecular flexibility index (Phi) is 7.38. The zero-order valence-electron chi connectivity index (χ0n) is 16.0. The fourth-order valence-electron chi connectivity index (χ4n) is 2.65. The van der Waals surface area contributed by atoms with Crippen LogP contribution in [0.1, 0.15) is 22.3 Å². The molecule has 0 fully saturated rings. The van der Waals surface area contributed by atoms with Crippen LogP contribution in [-0.4, -0.2) is 52.8 Å². The Labute approximate surface area is 161 Å². The Bertz CT molecular complexity index is 834. The van der Waals surface area contributed by atoms with Crippen LogP contribution < -0.4 is 4.31 Å². The molecule has 2 aromatic rings. The molecule has 0 atom stereocenters. The normalized spacial score (nSPS) is 11.4. The summed E-state index contributed by atoms with van der Waals surface area (Å²) in [6.45, 7) is 0.908. The number of hydrogen-bond donors (Lipinski definition) is 0. The van der Waals surface area contributed by atoms with Gasteiger partial charge in [-0.1, -0.05) is 30.3 Å². The number of esters is 1. The molecule has 0 heterocycles. The quantitative estimate of drug-likeness (QED) is 0.616. The molecular formula is C20H26N2O4S. The number of ether oxygens (including phenoxy) is 1. The van der Waals surface area contributed by atoms with E-state index in [9.17, 15) is 13.2 Å². The average molecular weight is 391 g/mol. The van der Waals surface area contributed by atoms with E-state index in [0.29, 0.717) is 24.2 Å². The number of sulfonamides is 1. The molecule has 0 amide bonds. The molecule has 0 spiro atoms. The minimum Gasteiger partial charge on any atom is -0.465 e. The molecule has 0 aliphatic rings. The third kappa shape index (κ3) is 6.08. The Hall–Kier alpha value is -2.38. The Morgan fingerprint density at radius 3 is 2.19 bits per heavy atom. The smallest absolute Gasteiger partial charge is 0.337 e. The second-order valence-corrected chi connectivity index (χ2v) is 8.52. The molecule has 27 heavy (non-hydrogen) atoms. The van der Waals surface area contributed by atoms with Crippen LogP contribution in [0, 0.1) is 0 Å². The molecule has 2 aromatic carbocycles. The second-order valence-electron chi connectivity index (χ2n) is 6.50. The lowest BCUT2D eigenvalue weighted by Crippen LogP contribution is -2.33. The zero-order valence-corrected chi connectivity index (χ0v) is 16.8. The summed E-state index contributed by atoms with van der Waals surface area (Å²) in [5.41, 5.74) is 1.85. The highest BCUT2D eigenvalue weighted by Gasteiger charge is 2.22. The van der Waals surface area contributed by atoms with Gasteiger partial charge in [-0.25, -0.2) is 13.2 Å². The van der Waals surface area contributed by atoms with Gasteiger partial charge in [-0.3, -0.25) is 4.31 Å². The lowest BCUT2D eigenvalue weighted by molar-refractivity contribution is 0.0600. The van der Waals surface area contributed by atoms with E-state index in [-0.39, 0.29) is 12.3 Å². The summed E-state index contributed by atoms with van der Waals surface area (Å²) < 4.78 is 32.1. The highest BCUT2D eigenvalue weighted by Crippen LogP contribution is 2.22. The van der Waals surface area contributed by atoms with Crippen LogP contribution in [0.3, 0.4) is 0 Å². The molecule has 146 valence electrons. The van der Waals surface area contributed by atoms with Gasteiger partial charge in [0.2, 0.25) is 10.0 Å². The highest BCUT2D eigenvalue weighted by molar-refractivity contribution is 7.92. The van der Waals surface area contributed by atoms with Crippen LogP contribution in [0.25, 0.3) is 0 Å². The number of nitrogens with zero attached hydrogens (tertiary/aromatic N) is 2. The Morgan fingerprint density at radius 1 is 1.00 bits per heavy atom. The van der Waals surface area contributed by atoms with Crippen molar-refractivity contribution in [1.82, 2.24) is 4.90 Å². The van der Waals surface area contributed by atoms with Crippen molar-refractivity contribution < 1.29 is 17.9 Å². The van der Waals surface area contributed by atoms with Crippen molar-refractivity contribution in [1.29, 1.82) is 0 Å². The van der Waals surface area contributed by atoms with Gasteiger partial charge in [-0.15, -0.1) is 0 Å². The number of anilines is 1. The van der Waals surface area contributed by atoms with Crippen molar-refractivity contribution in [2.75, 3.05) is 37.8 Å². The predicted octanol–water partition coefficient (Wildman–Crippen LogP) is 2.76. The molecule has 6 nitrogen and oxygen atoms in total. The van der Waals surface area contributed by atoms with Gasteiger partial charge in [-0.05, 0) is 56.9 Å². The SMILES string of the molecule is COC(=O)c1ccc(CN(c2ccccc2)S(=O)(=O)CCCN(C)C)cc1. The first-order chi connectivity index (χ1) is 12.8. The summed E-state index contributed by atoms with van der Waals surface area (Å²) >= 11 is 0. The summed E-state index contributed by atoms with van der Waals surface area (Å²) in [6, 6.07) is 15.8. The monoisotopic (exact) mass is 390 g/mol. The van der Waals surface area contributed by atoms with E-state index in [0.717, 1.165) is 5.56 Å². The number of rotatable bonds is 9. The zero-order chi connectivity index (χ0) is 19.9. The van der Waals surface area contributed by atoms with Crippen molar-refractivity contribution in [2.45, 2.75) is 13.0 Å². The topological polar surface area (TPSA) is 66.9 Å². The third-order valence-corrected chi connectivity index (χ3v) is 5.90. The van der Waals surface area contributed by atoms with E-state index in [1.165, 1.54) is 11.4 Å². The van der Waals surface area contributed by atoms with Crippen LogP contribution >= 0.6 is 0 Å². The predicted molar refractivity (Wildman–Crippen MR) is 107 cm³/mol. The van der Waals surface area contributed by atoms with E-state index < -0.39 is 16.0 Å². The minimum absolute atomic E-state index is 0.0698. The molecule has 0 bridgehead atoms. The molecule has 0 aromatic heterocycles. The summed E-state index contributed by atoms with van der Waals surface area (Å²) in [7, 11) is 1.68. The summed E-state index contributed by atoms with van der Waals surface area (Å²) in [4.78, 5) is 13.5. The number of carbonyl (C=O) groups is 1. The fourth-order valence-corrected chi connectivity index (χ4v) is 4.15. The summed E-state index contributed by atoms with van der Waals surface area (Å²) in [6.07, 6.45) is 0.556.